The lowest BCUT2D eigenvalue weighted by atomic mass is 9.95. The van der Waals surface area contributed by atoms with Gasteiger partial charge in [-0.3, -0.25) is 4.79 Å². The number of carbonyl (C=O) groups excluding carboxylic acids is 1. The van der Waals surface area contributed by atoms with Gasteiger partial charge in [0.2, 0.25) is 5.91 Å². The van der Waals surface area contributed by atoms with Gasteiger partial charge in [0.15, 0.2) is 0 Å². The molecule has 3 heteroatoms. The van der Waals surface area contributed by atoms with Gasteiger partial charge >= 0.3 is 0 Å². The highest BCUT2D eigenvalue weighted by Gasteiger charge is 2.21. The lowest BCUT2D eigenvalue weighted by Crippen LogP contribution is -2.35. The molecule has 1 unspecified atom stereocenters. The Morgan fingerprint density at radius 2 is 1.74 bits per heavy atom. The zero-order chi connectivity index (χ0) is 14.6. The lowest BCUT2D eigenvalue weighted by molar-refractivity contribution is -0.127. The summed E-state index contributed by atoms with van der Waals surface area (Å²) in [6.07, 6.45) is 0. The fraction of sp³-hybridized carbons (Fsp3) is 0.562. The van der Waals surface area contributed by atoms with Crippen LogP contribution in [0, 0.1) is 32.6 Å². The molecule has 1 aromatic rings. The summed E-state index contributed by atoms with van der Waals surface area (Å²) in [6, 6.07) is 4.25. The minimum absolute atomic E-state index is 0.0723. The Hall–Kier alpha value is -1.35. The van der Waals surface area contributed by atoms with E-state index in [-0.39, 0.29) is 24.3 Å². The number of benzene rings is 1. The van der Waals surface area contributed by atoms with Crippen LogP contribution < -0.4 is 5.32 Å². The van der Waals surface area contributed by atoms with E-state index >= 15 is 0 Å². The van der Waals surface area contributed by atoms with E-state index in [0.29, 0.717) is 6.54 Å². The van der Waals surface area contributed by atoms with Crippen molar-refractivity contribution in [3.63, 3.8) is 0 Å². The molecule has 1 amide bonds. The second kappa shape index (κ2) is 6.71. The Balaban J connectivity index is 2.75. The van der Waals surface area contributed by atoms with Crippen LogP contribution in [0.4, 0.5) is 0 Å². The number of hydrogen-bond donors (Lipinski definition) is 2. The van der Waals surface area contributed by atoms with Crippen LogP contribution >= 0.6 is 0 Å². The Kier molecular flexibility index (Phi) is 5.55. The molecule has 3 nitrogen and oxygen atoms in total. The zero-order valence-electron chi connectivity index (χ0n) is 12.6. The Morgan fingerprint density at radius 1 is 1.21 bits per heavy atom. The van der Waals surface area contributed by atoms with Crippen LogP contribution in [-0.4, -0.2) is 17.6 Å². The minimum Gasteiger partial charge on any atom is -0.396 e. The molecule has 0 spiro atoms. The number of nitrogens with one attached hydrogen (secondary N) is 1. The fourth-order valence-electron chi connectivity index (χ4n) is 2.39. The Labute approximate surface area is 116 Å². The summed E-state index contributed by atoms with van der Waals surface area (Å²) in [4.78, 5) is 12.0. The van der Waals surface area contributed by atoms with E-state index in [1.54, 1.807) is 0 Å². The van der Waals surface area contributed by atoms with Crippen LogP contribution in [0.1, 0.15) is 36.1 Å². The molecule has 1 atom stereocenters. The first kappa shape index (κ1) is 15.7. The molecule has 0 fully saturated rings. The van der Waals surface area contributed by atoms with E-state index in [0.717, 1.165) is 0 Å². The van der Waals surface area contributed by atoms with Gasteiger partial charge in [-0.1, -0.05) is 31.5 Å². The number of hydrogen-bond acceptors (Lipinski definition) is 2. The fourth-order valence-corrected chi connectivity index (χ4v) is 2.39. The van der Waals surface area contributed by atoms with Crippen molar-refractivity contribution in [2.75, 3.05) is 6.61 Å². The molecule has 0 saturated carbocycles. The molecule has 0 aliphatic heterocycles. The maximum absolute atomic E-state index is 12.0. The average Bonchev–Trinajstić information content (AvgIpc) is 2.27. The minimum atomic E-state index is -0.328. The topological polar surface area (TPSA) is 49.3 Å². The largest absolute Gasteiger partial charge is 0.396 e. The van der Waals surface area contributed by atoms with E-state index in [1.165, 1.54) is 22.3 Å². The second-order valence-electron chi connectivity index (χ2n) is 5.63. The van der Waals surface area contributed by atoms with Gasteiger partial charge < -0.3 is 10.4 Å². The second-order valence-corrected chi connectivity index (χ2v) is 5.63. The molecule has 0 aliphatic rings. The van der Waals surface area contributed by atoms with Gasteiger partial charge in [0.1, 0.15) is 0 Å². The smallest absolute Gasteiger partial charge is 0.225 e. The maximum Gasteiger partial charge on any atom is 0.225 e. The molecule has 0 bridgehead atoms. The molecule has 0 aromatic heterocycles. The first-order chi connectivity index (χ1) is 8.86. The number of rotatable bonds is 5. The molecular formula is C16H25NO2. The molecule has 1 aromatic carbocycles. The van der Waals surface area contributed by atoms with Gasteiger partial charge in [0.25, 0.3) is 0 Å². The molecule has 106 valence electrons. The molecule has 0 aliphatic carbocycles. The van der Waals surface area contributed by atoms with Gasteiger partial charge in [-0.05, 0) is 43.4 Å². The standard InChI is InChI=1S/C16H25NO2/c1-10(2)15(9-18)16(19)17-8-14-12(4)6-11(3)7-13(14)5/h6-7,10,15,18H,8-9H2,1-5H3,(H,17,19). The molecule has 0 heterocycles. The summed E-state index contributed by atoms with van der Waals surface area (Å²) >= 11 is 0. The molecule has 0 radical (unpaired) electrons. The normalized spacial score (nSPS) is 12.6. The summed E-state index contributed by atoms with van der Waals surface area (Å²) in [5, 5.41) is 12.2. The van der Waals surface area contributed by atoms with Crippen molar-refractivity contribution in [3.8, 4) is 0 Å². The molecule has 2 N–H and O–H groups in total. The summed E-state index contributed by atoms with van der Waals surface area (Å²) in [5.41, 5.74) is 4.80. The number of aryl methyl sites for hydroxylation is 3. The highest BCUT2D eigenvalue weighted by molar-refractivity contribution is 5.79. The first-order valence-electron chi connectivity index (χ1n) is 6.82. The predicted molar refractivity (Wildman–Crippen MR) is 77.9 cm³/mol. The Morgan fingerprint density at radius 3 is 2.16 bits per heavy atom. The SMILES string of the molecule is Cc1cc(C)c(CNC(=O)C(CO)C(C)C)c(C)c1. The van der Waals surface area contributed by atoms with Crippen LogP contribution in [0.25, 0.3) is 0 Å². The van der Waals surface area contributed by atoms with Crippen molar-refractivity contribution in [3.05, 3.63) is 34.4 Å². The van der Waals surface area contributed by atoms with Gasteiger partial charge in [-0.2, -0.15) is 0 Å². The van der Waals surface area contributed by atoms with Crippen molar-refractivity contribution in [1.82, 2.24) is 5.32 Å². The third kappa shape index (κ3) is 4.06. The molecule has 1 rings (SSSR count). The van der Waals surface area contributed by atoms with Crippen LogP contribution in [0.3, 0.4) is 0 Å². The number of amides is 1. The highest BCUT2D eigenvalue weighted by atomic mass is 16.3. The van der Waals surface area contributed by atoms with Crippen LogP contribution in [0.15, 0.2) is 12.1 Å². The van der Waals surface area contributed by atoms with Crippen molar-refractivity contribution < 1.29 is 9.90 Å². The zero-order valence-corrected chi connectivity index (χ0v) is 12.6. The third-order valence-corrected chi connectivity index (χ3v) is 3.62. The van der Waals surface area contributed by atoms with E-state index in [2.05, 4.69) is 38.2 Å². The van der Waals surface area contributed by atoms with Crippen LogP contribution in [-0.2, 0) is 11.3 Å². The predicted octanol–water partition coefficient (Wildman–Crippen LogP) is 2.49. The van der Waals surface area contributed by atoms with Gasteiger partial charge in [-0.15, -0.1) is 0 Å². The monoisotopic (exact) mass is 263 g/mol. The summed E-state index contributed by atoms with van der Waals surface area (Å²) in [7, 11) is 0. The van der Waals surface area contributed by atoms with E-state index in [9.17, 15) is 9.90 Å². The molecular weight excluding hydrogens is 238 g/mol. The quantitative estimate of drug-likeness (QED) is 0.857. The number of aliphatic hydroxyl groups excluding tert-OH is 1. The van der Waals surface area contributed by atoms with Crippen molar-refractivity contribution in [2.24, 2.45) is 11.8 Å². The summed E-state index contributed by atoms with van der Waals surface area (Å²) in [5.74, 6) is -0.256. The summed E-state index contributed by atoms with van der Waals surface area (Å²) < 4.78 is 0. The lowest BCUT2D eigenvalue weighted by Gasteiger charge is -2.19. The van der Waals surface area contributed by atoms with Crippen LogP contribution in [0.2, 0.25) is 0 Å². The van der Waals surface area contributed by atoms with Crippen molar-refractivity contribution >= 4 is 5.91 Å². The van der Waals surface area contributed by atoms with Crippen molar-refractivity contribution in [1.29, 1.82) is 0 Å². The third-order valence-electron chi connectivity index (χ3n) is 3.62. The molecule has 19 heavy (non-hydrogen) atoms. The molecule has 0 saturated heterocycles. The highest BCUT2D eigenvalue weighted by Crippen LogP contribution is 2.17. The number of carbonyl (C=O) groups is 1. The van der Waals surface area contributed by atoms with E-state index in [4.69, 9.17) is 0 Å². The van der Waals surface area contributed by atoms with Gasteiger partial charge in [-0.25, -0.2) is 0 Å². The van der Waals surface area contributed by atoms with Crippen LogP contribution in [0.5, 0.6) is 0 Å². The van der Waals surface area contributed by atoms with Gasteiger partial charge in [0, 0.05) is 6.54 Å². The van der Waals surface area contributed by atoms with Crippen molar-refractivity contribution in [2.45, 2.75) is 41.2 Å². The van der Waals surface area contributed by atoms with E-state index in [1.807, 2.05) is 13.8 Å². The first-order valence-corrected chi connectivity index (χ1v) is 6.82. The number of aliphatic hydroxyl groups is 1. The summed E-state index contributed by atoms with van der Waals surface area (Å²) in [6.45, 7) is 10.5. The average molecular weight is 263 g/mol. The van der Waals surface area contributed by atoms with Gasteiger partial charge in [0.05, 0.1) is 12.5 Å². The van der Waals surface area contributed by atoms with E-state index < -0.39 is 0 Å². The Bertz CT molecular complexity index is 429. The maximum atomic E-state index is 12.0.